The molecule has 2 amide bonds. The van der Waals surface area contributed by atoms with Gasteiger partial charge in [-0.15, -0.1) is 0 Å². The number of hydrogen-bond donors (Lipinski definition) is 2. The van der Waals surface area contributed by atoms with E-state index in [2.05, 4.69) is 10.5 Å². The maximum atomic E-state index is 10.4. The monoisotopic (exact) mass is 185 g/mol. The first-order valence-electron chi connectivity index (χ1n) is 4.43. The van der Waals surface area contributed by atoms with E-state index >= 15 is 0 Å². The lowest BCUT2D eigenvalue weighted by molar-refractivity contribution is 0.193. The molecule has 1 aliphatic rings. The Kier molecular flexibility index (Phi) is 3.70. The van der Waals surface area contributed by atoms with Crippen molar-refractivity contribution in [3.8, 4) is 0 Å². The minimum absolute atomic E-state index is 0.344. The highest BCUT2D eigenvalue weighted by Gasteiger charge is 2.20. The van der Waals surface area contributed by atoms with Gasteiger partial charge in [-0.1, -0.05) is 6.92 Å². The number of nitrogens with two attached hydrogens (primary N) is 1. The lowest BCUT2D eigenvalue weighted by Crippen LogP contribution is -2.27. The smallest absolute Gasteiger partial charge is 0.332 e. The first-order valence-corrected chi connectivity index (χ1v) is 4.43. The molecule has 0 aromatic carbocycles. The van der Waals surface area contributed by atoms with Gasteiger partial charge in [-0.05, 0) is 12.8 Å². The summed E-state index contributed by atoms with van der Waals surface area (Å²) in [4.78, 5) is 10.4. The van der Waals surface area contributed by atoms with E-state index in [-0.39, 0.29) is 0 Å². The van der Waals surface area contributed by atoms with Crippen LogP contribution in [-0.2, 0) is 4.74 Å². The largest absolute Gasteiger partial charge is 0.381 e. The molecule has 1 saturated heterocycles. The number of primary amides is 1. The van der Waals surface area contributed by atoms with Gasteiger partial charge < -0.3 is 10.5 Å². The SMILES string of the molecule is CC/C(=N\NC(N)=O)C1CCOC1. The fourth-order valence-corrected chi connectivity index (χ4v) is 1.38. The van der Waals surface area contributed by atoms with Crippen LogP contribution in [-0.4, -0.2) is 25.0 Å². The molecule has 1 heterocycles. The number of nitrogens with one attached hydrogen (secondary N) is 1. The van der Waals surface area contributed by atoms with E-state index in [1.807, 2.05) is 6.92 Å². The third-order valence-electron chi connectivity index (χ3n) is 2.07. The van der Waals surface area contributed by atoms with E-state index in [0.29, 0.717) is 12.5 Å². The van der Waals surface area contributed by atoms with Gasteiger partial charge in [-0.2, -0.15) is 5.10 Å². The Hall–Kier alpha value is -1.10. The number of carbonyl (C=O) groups excluding carboxylic acids is 1. The molecule has 5 nitrogen and oxygen atoms in total. The van der Waals surface area contributed by atoms with Crippen LogP contribution in [0.15, 0.2) is 5.10 Å². The number of hydrazone groups is 1. The second-order valence-corrected chi connectivity index (χ2v) is 2.99. The standard InChI is InChI=1S/C8H15N3O2/c1-2-7(10-11-8(9)12)6-3-4-13-5-6/h6H,2-5H2,1H3,(H3,9,11,12)/b10-7+. The summed E-state index contributed by atoms with van der Waals surface area (Å²) in [5.74, 6) is 0.344. The van der Waals surface area contributed by atoms with Crippen molar-refractivity contribution >= 4 is 11.7 Å². The van der Waals surface area contributed by atoms with Crippen molar-refractivity contribution < 1.29 is 9.53 Å². The summed E-state index contributed by atoms with van der Waals surface area (Å²) in [5.41, 5.74) is 8.11. The molecule has 1 unspecified atom stereocenters. The van der Waals surface area contributed by atoms with Gasteiger partial charge in [0.2, 0.25) is 0 Å². The minimum atomic E-state index is -0.620. The van der Waals surface area contributed by atoms with Crippen LogP contribution < -0.4 is 11.2 Å². The summed E-state index contributed by atoms with van der Waals surface area (Å²) in [7, 11) is 0. The molecule has 3 N–H and O–H groups in total. The fourth-order valence-electron chi connectivity index (χ4n) is 1.38. The molecule has 13 heavy (non-hydrogen) atoms. The van der Waals surface area contributed by atoms with Crippen molar-refractivity contribution in [1.82, 2.24) is 5.43 Å². The minimum Gasteiger partial charge on any atom is -0.381 e. The summed E-state index contributed by atoms with van der Waals surface area (Å²) in [6, 6.07) is -0.620. The molecule has 74 valence electrons. The first-order chi connectivity index (χ1) is 6.24. The number of amides is 2. The van der Waals surface area contributed by atoms with E-state index in [9.17, 15) is 4.79 Å². The number of ether oxygens (including phenoxy) is 1. The van der Waals surface area contributed by atoms with Gasteiger partial charge in [-0.3, -0.25) is 0 Å². The molecule has 5 heteroatoms. The van der Waals surface area contributed by atoms with Gasteiger partial charge in [0.05, 0.1) is 6.61 Å². The molecule has 1 fully saturated rings. The predicted octanol–water partition coefficient (Wildman–Crippen LogP) is 0.457. The van der Waals surface area contributed by atoms with E-state index in [4.69, 9.17) is 10.5 Å². The second kappa shape index (κ2) is 4.81. The highest BCUT2D eigenvalue weighted by atomic mass is 16.5. The summed E-state index contributed by atoms with van der Waals surface area (Å²) in [5, 5.41) is 3.94. The fraction of sp³-hybridized carbons (Fsp3) is 0.750. The number of carbonyl (C=O) groups is 1. The molecule has 0 spiro atoms. The lowest BCUT2D eigenvalue weighted by Gasteiger charge is -2.08. The molecule has 0 aromatic heterocycles. The zero-order valence-corrected chi connectivity index (χ0v) is 7.75. The normalized spacial score (nSPS) is 23.2. The maximum Gasteiger partial charge on any atom is 0.332 e. The van der Waals surface area contributed by atoms with Crippen LogP contribution in [0.25, 0.3) is 0 Å². The first kappa shape index (κ1) is 9.98. The molecule has 0 saturated carbocycles. The number of rotatable bonds is 3. The van der Waals surface area contributed by atoms with Crippen LogP contribution in [0.4, 0.5) is 4.79 Å². The highest BCUT2D eigenvalue weighted by Crippen LogP contribution is 2.15. The summed E-state index contributed by atoms with van der Waals surface area (Å²) < 4.78 is 5.22. The van der Waals surface area contributed by atoms with Crippen molar-refractivity contribution in [2.75, 3.05) is 13.2 Å². The summed E-state index contributed by atoms with van der Waals surface area (Å²) in [6.45, 7) is 3.48. The molecule has 0 bridgehead atoms. The van der Waals surface area contributed by atoms with Crippen molar-refractivity contribution in [2.45, 2.75) is 19.8 Å². The number of nitrogens with zero attached hydrogens (tertiary/aromatic N) is 1. The molecular formula is C8H15N3O2. The molecule has 1 rings (SSSR count). The lowest BCUT2D eigenvalue weighted by atomic mass is 10.0. The Morgan fingerprint density at radius 1 is 1.77 bits per heavy atom. The van der Waals surface area contributed by atoms with Gasteiger partial charge in [0.1, 0.15) is 0 Å². The second-order valence-electron chi connectivity index (χ2n) is 2.99. The maximum absolute atomic E-state index is 10.4. The third kappa shape index (κ3) is 3.02. The van der Waals surface area contributed by atoms with E-state index in [1.165, 1.54) is 0 Å². The predicted molar refractivity (Wildman–Crippen MR) is 49.4 cm³/mol. The van der Waals surface area contributed by atoms with E-state index in [1.54, 1.807) is 0 Å². The van der Waals surface area contributed by atoms with Crippen molar-refractivity contribution in [3.63, 3.8) is 0 Å². The van der Waals surface area contributed by atoms with Crippen LogP contribution in [0.3, 0.4) is 0 Å². The summed E-state index contributed by atoms with van der Waals surface area (Å²) in [6.07, 6.45) is 1.79. The Balaban J connectivity index is 2.49. The molecular weight excluding hydrogens is 170 g/mol. The molecule has 0 aliphatic carbocycles. The van der Waals surface area contributed by atoms with E-state index < -0.39 is 6.03 Å². The van der Waals surface area contributed by atoms with Crippen LogP contribution in [0.1, 0.15) is 19.8 Å². The molecule has 1 atom stereocenters. The average Bonchev–Trinajstić information content (AvgIpc) is 2.58. The summed E-state index contributed by atoms with van der Waals surface area (Å²) >= 11 is 0. The number of hydrogen-bond acceptors (Lipinski definition) is 3. The Morgan fingerprint density at radius 3 is 3.00 bits per heavy atom. The van der Waals surface area contributed by atoms with Crippen molar-refractivity contribution in [3.05, 3.63) is 0 Å². The third-order valence-corrected chi connectivity index (χ3v) is 2.07. The average molecular weight is 185 g/mol. The zero-order valence-electron chi connectivity index (χ0n) is 7.75. The van der Waals surface area contributed by atoms with Gasteiger partial charge in [0, 0.05) is 18.2 Å². The highest BCUT2D eigenvalue weighted by molar-refractivity contribution is 5.88. The topological polar surface area (TPSA) is 76.7 Å². The van der Waals surface area contributed by atoms with Gasteiger partial charge in [0.25, 0.3) is 0 Å². The molecule has 1 aliphatic heterocycles. The quantitative estimate of drug-likeness (QED) is 0.495. The van der Waals surface area contributed by atoms with Crippen LogP contribution >= 0.6 is 0 Å². The van der Waals surface area contributed by atoms with Crippen molar-refractivity contribution in [2.24, 2.45) is 16.8 Å². The van der Waals surface area contributed by atoms with Gasteiger partial charge in [0.15, 0.2) is 0 Å². The number of urea groups is 1. The Labute approximate surface area is 77.3 Å². The van der Waals surface area contributed by atoms with Gasteiger partial charge in [-0.25, -0.2) is 10.2 Å². The van der Waals surface area contributed by atoms with Crippen LogP contribution in [0.5, 0.6) is 0 Å². The van der Waals surface area contributed by atoms with E-state index in [0.717, 1.165) is 25.2 Å². The molecule has 0 aromatic rings. The van der Waals surface area contributed by atoms with Crippen molar-refractivity contribution in [1.29, 1.82) is 0 Å². The zero-order chi connectivity index (χ0) is 9.68. The van der Waals surface area contributed by atoms with Gasteiger partial charge >= 0.3 is 6.03 Å². The van der Waals surface area contributed by atoms with Crippen LogP contribution in [0.2, 0.25) is 0 Å². The Morgan fingerprint density at radius 2 is 2.54 bits per heavy atom. The Bertz CT molecular complexity index is 209. The van der Waals surface area contributed by atoms with Crippen LogP contribution in [0, 0.1) is 5.92 Å². The molecule has 0 radical (unpaired) electrons.